The lowest BCUT2D eigenvalue weighted by atomic mass is 10.1. The Kier molecular flexibility index (Phi) is 5.49. The van der Waals surface area contributed by atoms with Crippen LogP contribution in [-0.2, 0) is 6.54 Å². The van der Waals surface area contributed by atoms with Crippen molar-refractivity contribution in [3.05, 3.63) is 76.2 Å². The van der Waals surface area contributed by atoms with E-state index < -0.39 is 0 Å². The van der Waals surface area contributed by atoms with E-state index in [1.165, 1.54) is 0 Å². The molecule has 0 spiro atoms. The normalized spacial score (nSPS) is 14.4. The van der Waals surface area contributed by atoms with Gasteiger partial charge in [0.25, 0.3) is 11.5 Å². The first-order chi connectivity index (χ1) is 13.0. The fraction of sp³-hybridized carbons (Fsp3) is 0.364. The molecule has 142 valence electrons. The number of hydrogen-bond donors (Lipinski definition) is 2. The van der Waals surface area contributed by atoms with Gasteiger partial charge in [-0.15, -0.1) is 0 Å². The molecule has 0 radical (unpaired) electrons. The first kappa shape index (κ1) is 19.0. The van der Waals surface area contributed by atoms with Gasteiger partial charge in [-0.3, -0.25) is 9.59 Å². The summed E-state index contributed by atoms with van der Waals surface area (Å²) in [5.41, 5.74) is 2.19. The minimum Gasteiger partial charge on any atom is -0.388 e. The Balaban J connectivity index is 1.95. The molecular formula is C22H27N3O2. The van der Waals surface area contributed by atoms with Gasteiger partial charge in [0.1, 0.15) is 0 Å². The van der Waals surface area contributed by atoms with E-state index in [9.17, 15) is 9.59 Å². The highest BCUT2D eigenvalue weighted by Crippen LogP contribution is 2.39. The molecule has 0 atom stereocenters. The summed E-state index contributed by atoms with van der Waals surface area (Å²) in [6, 6.07) is 11.4. The van der Waals surface area contributed by atoms with Crippen LogP contribution in [0.5, 0.6) is 0 Å². The van der Waals surface area contributed by atoms with E-state index in [4.69, 9.17) is 0 Å². The third-order valence-electron chi connectivity index (χ3n) is 5.13. The fourth-order valence-corrected chi connectivity index (χ4v) is 3.39. The predicted octanol–water partition coefficient (Wildman–Crippen LogP) is 3.15. The van der Waals surface area contributed by atoms with E-state index in [1.807, 2.05) is 30.3 Å². The van der Waals surface area contributed by atoms with Gasteiger partial charge in [0.05, 0.1) is 17.7 Å². The molecule has 0 aliphatic heterocycles. The second-order valence-electron chi connectivity index (χ2n) is 7.27. The highest BCUT2D eigenvalue weighted by molar-refractivity contribution is 5.95. The zero-order valence-electron chi connectivity index (χ0n) is 16.0. The number of nitrogens with zero attached hydrogens (tertiary/aromatic N) is 1. The summed E-state index contributed by atoms with van der Waals surface area (Å²) in [6.07, 6.45) is 5.71. The molecule has 2 N–H and O–H groups in total. The highest BCUT2D eigenvalue weighted by Gasteiger charge is 2.43. The molecule has 1 amide bonds. The average molecular weight is 365 g/mol. The quantitative estimate of drug-likeness (QED) is 0.755. The van der Waals surface area contributed by atoms with Crippen LogP contribution in [0.25, 0.3) is 5.70 Å². The van der Waals surface area contributed by atoms with E-state index in [-0.39, 0.29) is 17.0 Å². The predicted molar refractivity (Wildman–Crippen MR) is 109 cm³/mol. The van der Waals surface area contributed by atoms with Crippen molar-refractivity contribution in [1.82, 2.24) is 15.2 Å². The van der Waals surface area contributed by atoms with Crippen molar-refractivity contribution in [2.45, 2.75) is 44.7 Å². The van der Waals surface area contributed by atoms with Gasteiger partial charge in [0, 0.05) is 24.5 Å². The minimum atomic E-state index is -0.163. The molecule has 1 fully saturated rings. The number of carbonyl (C=O) groups excluding carboxylic acids is 1. The van der Waals surface area contributed by atoms with Crippen molar-refractivity contribution >= 4 is 11.6 Å². The van der Waals surface area contributed by atoms with Crippen LogP contribution in [0.3, 0.4) is 0 Å². The third kappa shape index (κ3) is 4.30. The van der Waals surface area contributed by atoms with Crippen molar-refractivity contribution in [3.63, 3.8) is 0 Å². The maximum absolute atomic E-state index is 12.9. The van der Waals surface area contributed by atoms with Crippen LogP contribution in [0, 0.1) is 0 Å². The fourth-order valence-electron chi connectivity index (χ4n) is 3.39. The molecule has 1 aliphatic rings. The van der Waals surface area contributed by atoms with Gasteiger partial charge in [-0.05, 0) is 30.9 Å². The van der Waals surface area contributed by atoms with Crippen LogP contribution in [0.1, 0.15) is 54.1 Å². The van der Waals surface area contributed by atoms with Crippen molar-refractivity contribution in [1.29, 1.82) is 0 Å². The summed E-state index contributed by atoms with van der Waals surface area (Å²) >= 11 is 0. The van der Waals surface area contributed by atoms with E-state index in [0.717, 1.165) is 31.2 Å². The molecule has 0 saturated heterocycles. The van der Waals surface area contributed by atoms with Crippen LogP contribution in [0.4, 0.5) is 0 Å². The van der Waals surface area contributed by atoms with E-state index >= 15 is 0 Å². The minimum absolute atomic E-state index is 0.0631. The molecule has 5 heteroatoms. The lowest BCUT2D eigenvalue weighted by Crippen LogP contribution is -2.38. The van der Waals surface area contributed by atoms with Crippen molar-refractivity contribution in [2.24, 2.45) is 0 Å². The molecule has 1 heterocycles. The number of hydrogen-bond acceptors (Lipinski definition) is 3. The Labute approximate surface area is 160 Å². The molecule has 1 aromatic carbocycles. The summed E-state index contributed by atoms with van der Waals surface area (Å²) in [5.74, 6) is -0.132. The molecule has 1 saturated carbocycles. The number of pyridine rings is 1. The summed E-state index contributed by atoms with van der Waals surface area (Å²) < 4.78 is 1.58. The average Bonchev–Trinajstić information content (AvgIpc) is 3.42. The zero-order valence-corrected chi connectivity index (χ0v) is 16.0. The lowest BCUT2D eigenvalue weighted by Gasteiger charge is -2.18. The first-order valence-electron chi connectivity index (χ1n) is 9.46. The Morgan fingerprint density at radius 2 is 1.96 bits per heavy atom. The molecule has 0 unspecified atom stereocenters. The number of rotatable bonds is 8. The second kappa shape index (κ2) is 7.82. The van der Waals surface area contributed by atoms with Crippen molar-refractivity contribution < 1.29 is 4.79 Å². The monoisotopic (exact) mass is 365 g/mol. The Morgan fingerprint density at radius 3 is 2.56 bits per heavy atom. The van der Waals surface area contributed by atoms with E-state index in [0.29, 0.717) is 23.4 Å². The SMILES string of the molecule is C=C(NC)c1cc(C(=O)NC2(CCC)CC2)cn(Cc2ccccc2)c1=O. The van der Waals surface area contributed by atoms with Gasteiger partial charge in [-0.25, -0.2) is 0 Å². The molecule has 2 aromatic rings. The van der Waals surface area contributed by atoms with E-state index in [2.05, 4.69) is 24.1 Å². The van der Waals surface area contributed by atoms with Gasteiger partial charge in [0.2, 0.25) is 0 Å². The second-order valence-corrected chi connectivity index (χ2v) is 7.27. The molecular weight excluding hydrogens is 338 g/mol. The van der Waals surface area contributed by atoms with E-state index in [1.54, 1.807) is 23.9 Å². The molecule has 0 bridgehead atoms. The Hall–Kier alpha value is -2.82. The van der Waals surface area contributed by atoms with Crippen LogP contribution in [0.15, 0.2) is 54.0 Å². The Morgan fingerprint density at radius 1 is 1.26 bits per heavy atom. The number of carbonyl (C=O) groups is 1. The maximum Gasteiger partial charge on any atom is 0.260 e. The summed E-state index contributed by atoms with van der Waals surface area (Å²) in [4.78, 5) is 25.8. The van der Waals surface area contributed by atoms with Crippen molar-refractivity contribution in [2.75, 3.05) is 7.05 Å². The summed E-state index contributed by atoms with van der Waals surface area (Å²) in [5, 5.41) is 6.10. The first-order valence-corrected chi connectivity index (χ1v) is 9.46. The molecule has 27 heavy (non-hydrogen) atoms. The van der Waals surface area contributed by atoms with Crippen LogP contribution >= 0.6 is 0 Å². The lowest BCUT2D eigenvalue weighted by molar-refractivity contribution is 0.0928. The topological polar surface area (TPSA) is 63.1 Å². The van der Waals surface area contributed by atoms with Crippen LogP contribution in [-0.4, -0.2) is 23.1 Å². The van der Waals surface area contributed by atoms with Gasteiger partial charge >= 0.3 is 0 Å². The third-order valence-corrected chi connectivity index (χ3v) is 5.13. The van der Waals surface area contributed by atoms with Crippen molar-refractivity contribution in [3.8, 4) is 0 Å². The summed E-state index contributed by atoms with van der Waals surface area (Å²) in [6.45, 7) is 6.45. The number of benzene rings is 1. The number of aromatic nitrogens is 1. The molecule has 1 aliphatic carbocycles. The maximum atomic E-state index is 12.9. The van der Waals surface area contributed by atoms with Gasteiger partial charge < -0.3 is 15.2 Å². The standard InChI is InChI=1S/C22H27N3O2/c1-4-10-22(11-12-22)24-20(26)18-13-19(16(2)23-3)21(27)25(15-18)14-17-8-6-5-7-9-17/h5-9,13,15,23H,2,4,10-12,14H2,1,3H3,(H,24,26). The van der Waals surface area contributed by atoms with Crippen LogP contribution < -0.4 is 16.2 Å². The Bertz CT molecular complexity index is 896. The highest BCUT2D eigenvalue weighted by atomic mass is 16.2. The van der Waals surface area contributed by atoms with Gasteiger partial charge in [0.15, 0.2) is 0 Å². The number of amides is 1. The number of nitrogens with one attached hydrogen (secondary N) is 2. The largest absolute Gasteiger partial charge is 0.388 e. The smallest absolute Gasteiger partial charge is 0.260 e. The zero-order chi connectivity index (χ0) is 19.4. The molecule has 5 nitrogen and oxygen atoms in total. The van der Waals surface area contributed by atoms with Crippen LogP contribution in [0.2, 0.25) is 0 Å². The van der Waals surface area contributed by atoms with Gasteiger partial charge in [-0.1, -0.05) is 50.3 Å². The molecule has 1 aromatic heterocycles. The van der Waals surface area contributed by atoms with Gasteiger partial charge in [-0.2, -0.15) is 0 Å². The molecule has 3 rings (SSSR count). The summed E-state index contributed by atoms with van der Waals surface area (Å²) in [7, 11) is 1.72.